The molecule has 7 heteroatoms. The lowest BCUT2D eigenvalue weighted by Crippen LogP contribution is -2.27. The number of Topliss-reactive ketones (excluding diaryl/α,β-unsaturated/α-hetero) is 1. The van der Waals surface area contributed by atoms with Crippen LogP contribution in [0.25, 0.3) is 0 Å². The molecule has 2 aliphatic heterocycles. The van der Waals surface area contributed by atoms with Gasteiger partial charge in [-0.25, -0.2) is 0 Å². The van der Waals surface area contributed by atoms with Gasteiger partial charge in [0.15, 0.2) is 17.3 Å². The van der Waals surface area contributed by atoms with Crippen LogP contribution in [0, 0.1) is 0 Å². The van der Waals surface area contributed by atoms with Gasteiger partial charge in [-0.05, 0) is 59.9 Å². The van der Waals surface area contributed by atoms with E-state index in [0.29, 0.717) is 17.9 Å². The van der Waals surface area contributed by atoms with Crippen LogP contribution in [0.4, 0.5) is 11.4 Å². The van der Waals surface area contributed by atoms with Crippen molar-refractivity contribution in [2.45, 2.75) is 24.8 Å². The van der Waals surface area contributed by atoms with Crippen molar-refractivity contribution in [3.63, 3.8) is 0 Å². The Labute approximate surface area is 206 Å². The summed E-state index contributed by atoms with van der Waals surface area (Å²) in [6.45, 7) is 0.199. The van der Waals surface area contributed by atoms with Crippen LogP contribution in [0.5, 0.6) is 17.2 Å². The second-order valence-electron chi connectivity index (χ2n) is 8.67. The van der Waals surface area contributed by atoms with Crippen LogP contribution >= 0.6 is 15.9 Å². The molecule has 0 unspecified atom stereocenters. The highest BCUT2D eigenvalue weighted by Crippen LogP contribution is 2.47. The van der Waals surface area contributed by atoms with E-state index in [1.807, 2.05) is 48.5 Å². The van der Waals surface area contributed by atoms with Gasteiger partial charge in [0.25, 0.3) is 0 Å². The minimum Gasteiger partial charge on any atom is -0.497 e. The maximum absolute atomic E-state index is 13.7. The first kappa shape index (κ1) is 21.1. The summed E-state index contributed by atoms with van der Waals surface area (Å²) >= 11 is 3.71. The van der Waals surface area contributed by atoms with Gasteiger partial charge in [-0.2, -0.15) is 0 Å². The molecule has 0 aromatic heterocycles. The molecule has 34 heavy (non-hydrogen) atoms. The number of carbonyl (C=O) groups excluding carboxylic acids is 1. The van der Waals surface area contributed by atoms with Crippen LogP contribution in [-0.2, 0) is 4.79 Å². The van der Waals surface area contributed by atoms with Gasteiger partial charge >= 0.3 is 0 Å². The molecular formula is C27H23BrN2O4. The molecule has 172 valence electrons. The number of allylic oxidation sites excluding steroid dienone is 1. The van der Waals surface area contributed by atoms with E-state index in [0.717, 1.165) is 50.4 Å². The van der Waals surface area contributed by atoms with E-state index < -0.39 is 0 Å². The van der Waals surface area contributed by atoms with Crippen molar-refractivity contribution in [1.82, 2.24) is 0 Å². The summed E-state index contributed by atoms with van der Waals surface area (Å²) < 4.78 is 17.4. The van der Waals surface area contributed by atoms with Crippen molar-refractivity contribution >= 4 is 33.1 Å². The van der Waals surface area contributed by atoms with Crippen LogP contribution in [-0.4, -0.2) is 19.7 Å². The highest BCUT2D eigenvalue weighted by Gasteiger charge is 2.37. The van der Waals surface area contributed by atoms with E-state index >= 15 is 0 Å². The maximum atomic E-state index is 13.7. The first-order chi connectivity index (χ1) is 16.6. The molecule has 3 aromatic carbocycles. The van der Waals surface area contributed by atoms with Crippen molar-refractivity contribution in [2.24, 2.45) is 0 Å². The fraction of sp³-hybridized carbons (Fsp3) is 0.222. The standard InChI is InChI=1S/C27H23BrN2O4/c1-32-17-8-6-15(7-9-17)16-10-22-26(23(31)11-16)27(30-21-5-3-2-4-20(21)29-22)18-12-24-25(13-19(18)28)34-14-33-24/h2-9,12-13,16,27,29-30H,10-11,14H2,1H3/t16-,27-/m0/s1. The molecule has 0 saturated carbocycles. The van der Waals surface area contributed by atoms with Gasteiger partial charge in [0.1, 0.15) is 5.75 Å². The zero-order valence-electron chi connectivity index (χ0n) is 18.6. The van der Waals surface area contributed by atoms with E-state index in [1.54, 1.807) is 7.11 Å². The van der Waals surface area contributed by atoms with Crippen LogP contribution in [0.2, 0.25) is 0 Å². The second-order valence-corrected chi connectivity index (χ2v) is 9.52. The van der Waals surface area contributed by atoms with Crippen LogP contribution < -0.4 is 24.8 Å². The van der Waals surface area contributed by atoms with E-state index in [9.17, 15) is 4.79 Å². The van der Waals surface area contributed by atoms with Crippen molar-refractivity contribution in [1.29, 1.82) is 0 Å². The zero-order valence-corrected chi connectivity index (χ0v) is 20.1. The minimum absolute atomic E-state index is 0.0933. The summed E-state index contributed by atoms with van der Waals surface area (Å²) in [5, 5.41) is 7.21. The molecular weight excluding hydrogens is 496 g/mol. The third kappa shape index (κ3) is 3.60. The Balaban J connectivity index is 1.45. The van der Waals surface area contributed by atoms with Crippen LogP contribution in [0.3, 0.4) is 0 Å². The van der Waals surface area contributed by atoms with E-state index in [4.69, 9.17) is 14.2 Å². The monoisotopic (exact) mass is 518 g/mol. The second kappa shape index (κ2) is 8.40. The number of benzene rings is 3. The van der Waals surface area contributed by atoms with Crippen LogP contribution in [0.1, 0.15) is 35.9 Å². The zero-order chi connectivity index (χ0) is 23.2. The third-order valence-corrected chi connectivity index (χ3v) is 7.39. The lowest BCUT2D eigenvalue weighted by atomic mass is 9.78. The number of rotatable bonds is 3. The fourth-order valence-corrected chi connectivity index (χ4v) is 5.54. The summed E-state index contributed by atoms with van der Waals surface area (Å²) in [5.74, 6) is 2.42. The largest absolute Gasteiger partial charge is 0.497 e. The maximum Gasteiger partial charge on any atom is 0.231 e. The van der Waals surface area contributed by atoms with Crippen LogP contribution in [0.15, 0.2) is 76.4 Å². The van der Waals surface area contributed by atoms with Gasteiger partial charge in [0.05, 0.1) is 24.5 Å². The predicted octanol–water partition coefficient (Wildman–Crippen LogP) is 6.17. The van der Waals surface area contributed by atoms with E-state index in [-0.39, 0.29) is 24.5 Å². The molecule has 6 rings (SSSR count). The Morgan fingerprint density at radius 2 is 1.71 bits per heavy atom. The number of halogens is 1. The molecule has 0 saturated heterocycles. The molecule has 2 heterocycles. The summed E-state index contributed by atoms with van der Waals surface area (Å²) in [4.78, 5) is 13.7. The quantitative estimate of drug-likeness (QED) is 0.432. The molecule has 1 aliphatic carbocycles. The molecule has 0 spiro atoms. The Hall–Kier alpha value is -3.45. The number of fused-ring (bicyclic) bond motifs is 2. The molecule has 3 aliphatic rings. The Bertz CT molecular complexity index is 1320. The van der Waals surface area contributed by atoms with Gasteiger partial charge < -0.3 is 24.8 Å². The lowest BCUT2D eigenvalue weighted by molar-refractivity contribution is -0.116. The number of nitrogens with one attached hydrogen (secondary N) is 2. The first-order valence-electron chi connectivity index (χ1n) is 11.2. The topological polar surface area (TPSA) is 68.8 Å². The third-order valence-electron chi connectivity index (χ3n) is 6.70. The number of methoxy groups -OCH3 is 1. The summed E-state index contributed by atoms with van der Waals surface area (Å²) in [7, 11) is 1.66. The Morgan fingerprint density at radius 3 is 2.47 bits per heavy atom. The molecule has 0 fully saturated rings. The Kier molecular flexibility index (Phi) is 5.21. The summed E-state index contributed by atoms with van der Waals surface area (Å²) in [6, 6.07) is 19.6. The highest BCUT2D eigenvalue weighted by atomic mass is 79.9. The average molecular weight is 519 g/mol. The molecule has 0 bridgehead atoms. The van der Waals surface area contributed by atoms with Gasteiger partial charge in [-0.3, -0.25) is 4.79 Å². The fourth-order valence-electron chi connectivity index (χ4n) is 4.99. The number of ether oxygens (including phenoxy) is 3. The van der Waals surface area contributed by atoms with Gasteiger partial charge in [0.2, 0.25) is 6.79 Å². The van der Waals surface area contributed by atoms with Gasteiger partial charge in [-0.15, -0.1) is 0 Å². The SMILES string of the molecule is COc1ccc([C@@H]2CC(=O)C3=C(C2)Nc2ccccc2N[C@H]3c2cc3c(cc2Br)OCO3)cc1. The average Bonchev–Trinajstić information content (AvgIpc) is 3.23. The number of hydrogen-bond acceptors (Lipinski definition) is 6. The van der Waals surface area contributed by atoms with Crippen molar-refractivity contribution < 1.29 is 19.0 Å². The Morgan fingerprint density at radius 1 is 0.971 bits per heavy atom. The minimum atomic E-state index is -0.334. The molecule has 2 N–H and O–H groups in total. The number of carbonyl (C=O) groups is 1. The summed E-state index contributed by atoms with van der Waals surface area (Å²) in [5.41, 5.74) is 5.68. The number of ketones is 1. The van der Waals surface area contributed by atoms with Crippen molar-refractivity contribution in [2.75, 3.05) is 24.5 Å². The predicted molar refractivity (Wildman–Crippen MR) is 134 cm³/mol. The molecule has 6 nitrogen and oxygen atoms in total. The number of anilines is 2. The number of hydrogen-bond donors (Lipinski definition) is 2. The highest BCUT2D eigenvalue weighted by molar-refractivity contribution is 9.10. The van der Waals surface area contributed by atoms with Gasteiger partial charge in [-0.1, -0.05) is 40.2 Å². The molecule has 0 amide bonds. The number of para-hydroxylation sites is 2. The normalized spacial score (nSPS) is 20.6. The summed E-state index contributed by atoms with van der Waals surface area (Å²) in [6.07, 6.45) is 1.19. The molecule has 3 aromatic rings. The first-order valence-corrected chi connectivity index (χ1v) is 12.0. The van der Waals surface area contributed by atoms with Gasteiger partial charge in [0, 0.05) is 22.2 Å². The lowest BCUT2D eigenvalue weighted by Gasteiger charge is -2.30. The van der Waals surface area contributed by atoms with Crippen molar-refractivity contribution in [3.8, 4) is 17.2 Å². The van der Waals surface area contributed by atoms with Crippen molar-refractivity contribution in [3.05, 3.63) is 87.5 Å². The molecule has 0 radical (unpaired) electrons. The molecule has 2 atom stereocenters. The smallest absolute Gasteiger partial charge is 0.231 e. The van der Waals surface area contributed by atoms with E-state index in [1.165, 1.54) is 0 Å². The van der Waals surface area contributed by atoms with E-state index in [2.05, 4.69) is 38.7 Å².